The third-order valence-corrected chi connectivity index (χ3v) is 8.34. The first-order valence-electron chi connectivity index (χ1n) is 14.6. The number of hydrogen-bond donors (Lipinski definition) is 3. The Balaban J connectivity index is 1.55. The molecule has 232 valence electrons. The van der Waals surface area contributed by atoms with Crippen LogP contribution >= 0.6 is 0 Å². The number of nitro groups is 1. The molecule has 2 heterocycles. The van der Waals surface area contributed by atoms with Crippen LogP contribution in [-0.4, -0.2) is 49.0 Å². The first-order chi connectivity index (χ1) is 21.5. The number of amides is 1. The number of carbonyl (C=O) groups is 1. The lowest BCUT2D eigenvalue weighted by atomic mass is 9.93. The number of hydrogen-bond acceptors (Lipinski definition) is 7. The Morgan fingerprint density at radius 2 is 1.91 bits per heavy atom. The molecule has 3 N–H and O–H groups in total. The molecular formula is C34H36N6O5. The van der Waals surface area contributed by atoms with Gasteiger partial charge in [0.25, 0.3) is 11.2 Å². The van der Waals surface area contributed by atoms with Crippen LogP contribution in [0, 0.1) is 24.0 Å². The van der Waals surface area contributed by atoms with Gasteiger partial charge in [0.2, 0.25) is 5.91 Å². The number of imidazole rings is 1. The number of nitrogens with zero attached hydrogens (tertiary/aromatic N) is 4. The van der Waals surface area contributed by atoms with E-state index in [0.717, 1.165) is 33.6 Å². The van der Waals surface area contributed by atoms with Gasteiger partial charge in [0.15, 0.2) is 0 Å². The third kappa shape index (κ3) is 6.34. The van der Waals surface area contributed by atoms with E-state index < -0.39 is 11.0 Å². The van der Waals surface area contributed by atoms with Gasteiger partial charge in [0.1, 0.15) is 11.9 Å². The van der Waals surface area contributed by atoms with Crippen LogP contribution in [0.15, 0.2) is 77.9 Å². The average Bonchev–Trinajstić information content (AvgIpc) is 3.36. The van der Waals surface area contributed by atoms with Crippen LogP contribution < -0.4 is 10.9 Å². The number of nitrogens with one attached hydrogen (secondary N) is 2. The van der Waals surface area contributed by atoms with Crippen LogP contribution in [0.25, 0.3) is 22.0 Å². The summed E-state index contributed by atoms with van der Waals surface area (Å²) in [5.41, 5.74) is 4.98. The number of nitro benzene ring substituents is 1. The molecule has 11 heteroatoms. The van der Waals surface area contributed by atoms with Crippen LogP contribution in [0.4, 0.5) is 11.4 Å². The SMILES string of the molecule is Cc1cc(C(Nc2ccc3cc[nH]c(=O)c3c2)C(=O)N(C)Cc2cc([N+](=O)[O-])ccc2-c2cnc(C)n2C)ccc1[C@@H](C)CO. The lowest BCUT2D eigenvalue weighted by Crippen LogP contribution is -2.35. The van der Waals surface area contributed by atoms with Crippen molar-refractivity contribution in [3.63, 3.8) is 0 Å². The first kappa shape index (κ1) is 31.1. The number of rotatable bonds is 10. The van der Waals surface area contributed by atoms with E-state index in [0.29, 0.717) is 22.2 Å². The van der Waals surface area contributed by atoms with E-state index in [1.54, 1.807) is 31.6 Å². The van der Waals surface area contributed by atoms with Gasteiger partial charge in [0, 0.05) is 68.1 Å². The Morgan fingerprint density at radius 1 is 1.13 bits per heavy atom. The van der Waals surface area contributed by atoms with Gasteiger partial charge in [-0.3, -0.25) is 19.7 Å². The first-order valence-corrected chi connectivity index (χ1v) is 14.6. The molecule has 0 saturated carbocycles. The Hall–Kier alpha value is -5.29. The molecule has 1 unspecified atom stereocenters. The van der Waals surface area contributed by atoms with Crippen LogP contribution in [0.1, 0.15) is 47.0 Å². The molecule has 1 amide bonds. The molecule has 0 saturated heterocycles. The highest BCUT2D eigenvalue weighted by atomic mass is 16.6. The van der Waals surface area contributed by atoms with Gasteiger partial charge in [-0.15, -0.1) is 0 Å². The Morgan fingerprint density at radius 3 is 2.58 bits per heavy atom. The number of carbonyl (C=O) groups excluding carboxylic acids is 1. The zero-order valence-electron chi connectivity index (χ0n) is 25.9. The summed E-state index contributed by atoms with van der Waals surface area (Å²) in [4.78, 5) is 46.7. The summed E-state index contributed by atoms with van der Waals surface area (Å²) in [6.45, 7) is 5.83. The van der Waals surface area contributed by atoms with Crippen molar-refractivity contribution in [1.82, 2.24) is 19.4 Å². The number of aromatic amines is 1. The monoisotopic (exact) mass is 608 g/mol. The summed E-state index contributed by atoms with van der Waals surface area (Å²) in [5.74, 6) is 0.434. The molecule has 0 aliphatic rings. The van der Waals surface area contributed by atoms with Gasteiger partial charge >= 0.3 is 0 Å². The number of aliphatic hydroxyl groups is 1. The van der Waals surface area contributed by atoms with Crippen molar-refractivity contribution in [3.8, 4) is 11.3 Å². The predicted octanol–water partition coefficient (Wildman–Crippen LogP) is 5.36. The summed E-state index contributed by atoms with van der Waals surface area (Å²) >= 11 is 0. The minimum Gasteiger partial charge on any atom is -0.396 e. The number of pyridine rings is 1. The van der Waals surface area contributed by atoms with E-state index in [4.69, 9.17) is 0 Å². The summed E-state index contributed by atoms with van der Waals surface area (Å²) in [7, 11) is 3.53. The van der Waals surface area contributed by atoms with Crippen molar-refractivity contribution in [2.75, 3.05) is 19.0 Å². The van der Waals surface area contributed by atoms with Crippen molar-refractivity contribution in [3.05, 3.63) is 122 Å². The lowest BCUT2D eigenvalue weighted by Gasteiger charge is -2.27. The average molecular weight is 609 g/mol. The maximum atomic E-state index is 14.3. The Bertz CT molecular complexity index is 1960. The molecule has 0 bridgehead atoms. The minimum atomic E-state index is -0.853. The molecule has 0 aliphatic carbocycles. The van der Waals surface area contributed by atoms with Crippen LogP contribution in [0.2, 0.25) is 0 Å². The topological polar surface area (TPSA) is 146 Å². The molecule has 0 aliphatic heterocycles. The highest BCUT2D eigenvalue weighted by Gasteiger charge is 2.27. The van der Waals surface area contributed by atoms with Crippen LogP contribution in [0.5, 0.6) is 0 Å². The minimum absolute atomic E-state index is 0.00307. The number of aromatic nitrogens is 3. The van der Waals surface area contributed by atoms with Crippen molar-refractivity contribution in [1.29, 1.82) is 0 Å². The van der Waals surface area contributed by atoms with Gasteiger partial charge in [-0.05, 0) is 65.8 Å². The zero-order chi connectivity index (χ0) is 32.4. The van der Waals surface area contributed by atoms with E-state index in [-0.39, 0.29) is 36.2 Å². The fourth-order valence-corrected chi connectivity index (χ4v) is 5.64. The van der Waals surface area contributed by atoms with Gasteiger partial charge in [-0.25, -0.2) is 4.98 Å². The number of aryl methyl sites for hydroxylation is 2. The Labute approximate surface area is 260 Å². The van der Waals surface area contributed by atoms with Crippen molar-refractivity contribution in [2.45, 2.75) is 39.3 Å². The summed E-state index contributed by atoms with van der Waals surface area (Å²) in [5, 5.41) is 26.0. The van der Waals surface area contributed by atoms with E-state index in [2.05, 4.69) is 15.3 Å². The smallest absolute Gasteiger partial charge is 0.269 e. The highest BCUT2D eigenvalue weighted by molar-refractivity contribution is 5.89. The van der Waals surface area contributed by atoms with Crippen LogP contribution in [0.3, 0.4) is 0 Å². The molecule has 5 aromatic rings. The van der Waals surface area contributed by atoms with Gasteiger partial charge < -0.3 is 24.9 Å². The lowest BCUT2D eigenvalue weighted by molar-refractivity contribution is -0.384. The van der Waals surface area contributed by atoms with E-state index in [1.807, 2.05) is 68.8 Å². The second-order valence-electron chi connectivity index (χ2n) is 11.4. The fourth-order valence-electron chi connectivity index (χ4n) is 5.64. The van der Waals surface area contributed by atoms with E-state index in [9.17, 15) is 24.8 Å². The number of anilines is 1. The fraction of sp³-hybridized carbons (Fsp3) is 0.265. The number of benzene rings is 3. The van der Waals surface area contributed by atoms with Crippen molar-refractivity contribution < 1.29 is 14.8 Å². The van der Waals surface area contributed by atoms with Gasteiger partial charge in [-0.1, -0.05) is 31.2 Å². The molecule has 0 fully saturated rings. The molecule has 11 nitrogen and oxygen atoms in total. The standard InChI is InChI=1S/C34H36N6O5/c1-20-14-24(7-10-28(20)21(2)19-41)32(37-26-8-6-23-12-13-35-33(42)30(23)16-26)34(43)38(4)18-25-15-27(40(44)45)9-11-29(25)31-17-36-22(3)39(31)5/h6-17,21,32,37,41H,18-19H2,1-5H3,(H,35,42)/t21-,32?/m0/s1. The summed E-state index contributed by atoms with van der Waals surface area (Å²) < 4.78 is 1.90. The third-order valence-electron chi connectivity index (χ3n) is 8.34. The quantitative estimate of drug-likeness (QED) is 0.143. The second-order valence-corrected chi connectivity index (χ2v) is 11.4. The normalized spacial score (nSPS) is 12.6. The maximum Gasteiger partial charge on any atom is 0.269 e. The number of non-ortho nitro benzene ring substituents is 1. The molecule has 0 radical (unpaired) electrons. The summed E-state index contributed by atoms with van der Waals surface area (Å²) in [6.07, 6.45) is 3.30. The molecule has 2 aromatic heterocycles. The Kier molecular flexibility index (Phi) is 8.82. The molecule has 3 aromatic carbocycles. The van der Waals surface area contributed by atoms with E-state index >= 15 is 0 Å². The maximum absolute atomic E-state index is 14.3. The van der Waals surface area contributed by atoms with E-state index in [1.165, 1.54) is 17.0 Å². The number of likely N-dealkylation sites (N-methyl/N-ethyl adjacent to an activating group) is 1. The highest BCUT2D eigenvalue weighted by Crippen LogP contribution is 2.31. The number of H-pyrrole nitrogens is 1. The second kappa shape index (κ2) is 12.7. The molecule has 45 heavy (non-hydrogen) atoms. The van der Waals surface area contributed by atoms with Crippen molar-refractivity contribution in [2.24, 2.45) is 7.05 Å². The number of fused-ring (bicyclic) bond motifs is 1. The molecule has 0 spiro atoms. The largest absolute Gasteiger partial charge is 0.396 e. The van der Waals surface area contributed by atoms with Crippen LogP contribution in [-0.2, 0) is 18.4 Å². The molecular weight excluding hydrogens is 572 g/mol. The van der Waals surface area contributed by atoms with Gasteiger partial charge in [0.05, 0.1) is 16.8 Å². The number of aliphatic hydroxyl groups excluding tert-OH is 1. The van der Waals surface area contributed by atoms with Gasteiger partial charge in [-0.2, -0.15) is 0 Å². The molecule has 2 atom stereocenters. The molecule has 5 rings (SSSR count). The summed E-state index contributed by atoms with van der Waals surface area (Å²) in [6, 6.07) is 16.7. The zero-order valence-corrected chi connectivity index (χ0v) is 25.9. The predicted molar refractivity (Wildman–Crippen MR) is 174 cm³/mol. The van der Waals surface area contributed by atoms with Crippen molar-refractivity contribution >= 4 is 28.1 Å².